The Balaban J connectivity index is 2.06. The summed E-state index contributed by atoms with van der Waals surface area (Å²) < 4.78 is 0. The van der Waals surface area contributed by atoms with Gasteiger partial charge < -0.3 is 10.4 Å². The molecule has 1 aromatic heterocycles. The number of carbonyl (C=O) groups is 2. The fourth-order valence-electron chi connectivity index (χ4n) is 2.18. The standard InChI is InChI=1S/C14H18N2O3S/c1-8(2)11-7-20-14(15-11)16-12(17)9-5-3-4-6-10(9)13(18)19/h3-4,7-10H,5-6H2,1-2H3,(H,18,19)(H,15,16,17)/t9-,10+/m1/s1. The summed E-state index contributed by atoms with van der Waals surface area (Å²) in [5.74, 6) is -2.04. The Labute approximate surface area is 121 Å². The second kappa shape index (κ2) is 6.17. The SMILES string of the molecule is CC(C)c1csc(NC(=O)[C@@H]2CC=CC[C@@H]2C(=O)O)n1. The third kappa shape index (κ3) is 3.25. The molecule has 0 fully saturated rings. The van der Waals surface area contributed by atoms with E-state index in [2.05, 4.69) is 10.3 Å². The van der Waals surface area contributed by atoms with E-state index in [0.717, 1.165) is 5.69 Å². The molecule has 2 rings (SSSR count). The molecule has 0 saturated heterocycles. The van der Waals surface area contributed by atoms with Gasteiger partial charge in [-0.1, -0.05) is 26.0 Å². The number of hydrogen-bond donors (Lipinski definition) is 2. The highest BCUT2D eigenvalue weighted by Gasteiger charge is 2.34. The van der Waals surface area contributed by atoms with Crippen LogP contribution < -0.4 is 5.32 Å². The van der Waals surface area contributed by atoms with Crippen LogP contribution in [0.25, 0.3) is 0 Å². The highest BCUT2D eigenvalue weighted by molar-refractivity contribution is 7.13. The fraction of sp³-hybridized carbons (Fsp3) is 0.500. The molecular formula is C14H18N2O3S. The van der Waals surface area contributed by atoms with Crippen molar-refractivity contribution in [1.82, 2.24) is 4.98 Å². The van der Waals surface area contributed by atoms with Crippen molar-refractivity contribution in [2.24, 2.45) is 11.8 Å². The Hall–Kier alpha value is -1.69. The number of rotatable bonds is 4. The Kier molecular flexibility index (Phi) is 4.54. The Bertz CT molecular complexity index is 536. The highest BCUT2D eigenvalue weighted by atomic mass is 32.1. The number of amides is 1. The number of aliphatic carboxylic acids is 1. The molecule has 1 aliphatic carbocycles. The molecule has 2 N–H and O–H groups in total. The van der Waals surface area contributed by atoms with Gasteiger partial charge in [0, 0.05) is 5.38 Å². The predicted octanol–water partition coefficient (Wildman–Crippen LogP) is 2.87. The van der Waals surface area contributed by atoms with Crippen molar-refractivity contribution in [2.45, 2.75) is 32.6 Å². The second-order valence-corrected chi connectivity index (χ2v) is 6.07. The van der Waals surface area contributed by atoms with Crippen molar-refractivity contribution in [3.05, 3.63) is 23.2 Å². The maximum Gasteiger partial charge on any atom is 0.307 e. The zero-order chi connectivity index (χ0) is 14.7. The van der Waals surface area contributed by atoms with Crippen LogP contribution in [-0.2, 0) is 9.59 Å². The molecule has 0 unspecified atom stereocenters. The van der Waals surface area contributed by atoms with Gasteiger partial charge in [0.1, 0.15) is 0 Å². The van der Waals surface area contributed by atoms with Gasteiger partial charge in [-0.05, 0) is 18.8 Å². The van der Waals surface area contributed by atoms with Gasteiger partial charge in [0.25, 0.3) is 0 Å². The number of anilines is 1. The van der Waals surface area contributed by atoms with E-state index in [1.165, 1.54) is 11.3 Å². The lowest BCUT2D eigenvalue weighted by Gasteiger charge is -2.23. The number of thiazole rings is 1. The van der Waals surface area contributed by atoms with Gasteiger partial charge in [-0.15, -0.1) is 11.3 Å². The first kappa shape index (κ1) is 14.7. The molecule has 1 aliphatic rings. The topological polar surface area (TPSA) is 79.3 Å². The van der Waals surface area contributed by atoms with Crippen LogP contribution in [0.4, 0.5) is 5.13 Å². The quantitative estimate of drug-likeness (QED) is 0.837. The van der Waals surface area contributed by atoms with E-state index in [1.54, 1.807) is 0 Å². The normalized spacial score (nSPS) is 21.9. The van der Waals surface area contributed by atoms with Gasteiger partial charge in [0.05, 0.1) is 17.5 Å². The van der Waals surface area contributed by atoms with E-state index in [0.29, 0.717) is 23.9 Å². The summed E-state index contributed by atoms with van der Waals surface area (Å²) in [6.45, 7) is 4.07. The summed E-state index contributed by atoms with van der Waals surface area (Å²) in [6, 6.07) is 0. The van der Waals surface area contributed by atoms with Crippen LogP contribution in [0.5, 0.6) is 0 Å². The van der Waals surface area contributed by atoms with Crippen molar-refractivity contribution in [2.75, 3.05) is 5.32 Å². The number of allylic oxidation sites excluding steroid dienone is 2. The minimum Gasteiger partial charge on any atom is -0.481 e. The molecule has 0 spiro atoms. The van der Waals surface area contributed by atoms with Gasteiger partial charge in [-0.25, -0.2) is 4.98 Å². The molecule has 5 nitrogen and oxygen atoms in total. The molecule has 20 heavy (non-hydrogen) atoms. The maximum absolute atomic E-state index is 12.2. The lowest BCUT2D eigenvalue weighted by Crippen LogP contribution is -2.34. The molecule has 0 aliphatic heterocycles. The summed E-state index contributed by atoms with van der Waals surface area (Å²) in [5, 5.41) is 14.4. The van der Waals surface area contributed by atoms with E-state index in [-0.39, 0.29) is 5.91 Å². The third-order valence-corrected chi connectivity index (χ3v) is 4.21. The zero-order valence-corrected chi connectivity index (χ0v) is 12.3. The smallest absolute Gasteiger partial charge is 0.307 e. The second-order valence-electron chi connectivity index (χ2n) is 5.22. The molecule has 0 bridgehead atoms. The van der Waals surface area contributed by atoms with E-state index >= 15 is 0 Å². The molecule has 108 valence electrons. The molecule has 2 atom stereocenters. The minimum absolute atomic E-state index is 0.258. The van der Waals surface area contributed by atoms with Gasteiger partial charge in [-0.3, -0.25) is 9.59 Å². The average Bonchev–Trinajstić information content (AvgIpc) is 2.87. The maximum atomic E-state index is 12.2. The van der Waals surface area contributed by atoms with E-state index in [1.807, 2.05) is 31.4 Å². The number of carboxylic acid groups (broad SMARTS) is 1. The van der Waals surface area contributed by atoms with Crippen molar-refractivity contribution in [3.63, 3.8) is 0 Å². The van der Waals surface area contributed by atoms with Gasteiger partial charge >= 0.3 is 5.97 Å². The number of carbonyl (C=O) groups excluding carboxylic acids is 1. The fourth-order valence-corrected chi connectivity index (χ4v) is 3.06. The molecule has 1 heterocycles. The summed E-state index contributed by atoms with van der Waals surface area (Å²) in [7, 11) is 0. The Morgan fingerprint density at radius 2 is 2.00 bits per heavy atom. The molecule has 0 saturated carbocycles. The molecule has 0 radical (unpaired) electrons. The van der Waals surface area contributed by atoms with Crippen molar-refractivity contribution in [1.29, 1.82) is 0 Å². The molecule has 6 heteroatoms. The van der Waals surface area contributed by atoms with E-state index < -0.39 is 17.8 Å². The van der Waals surface area contributed by atoms with Gasteiger partial charge in [0.2, 0.25) is 5.91 Å². The monoisotopic (exact) mass is 294 g/mol. The number of aromatic nitrogens is 1. The van der Waals surface area contributed by atoms with Crippen LogP contribution in [0.15, 0.2) is 17.5 Å². The molecular weight excluding hydrogens is 276 g/mol. The lowest BCUT2D eigenvalue weighted by atomic mass is 9.82. The largest absolute Gasteiger partial charge is 0.481 e. The Morgan fingerprint density at radius 3 is 2.55 bits per heavy atom. The van der Waals surface area contributed by atoms with Crippen LogP contribution in [0, 0.1) is 11.8 Å². The summed E-state index contributed by atoms with van der Waals surface area (Å²) in [6.07, 6.45) is 4.56. The van der Waals surface area contributed by atoms with Crippen molar-refractivity contribution in [3.8, 4) is 0 Å². The van der Waals surface area contributed by atoms with Crippen molar-refractivity contribution >= 4 is 28.3 Å². The van der Waals surface area contributed by atoms with Crippen LogP contribution in [0.2, 0.25) is 0 Å². The summed E-state index contributed by atoms with van der Waals surface area (Å²) in [5.41, 5.74) is 0.934. The van der Waals surface area contributed by atoms with Crippen LogP contribution >= 0.6 is 11.3 Å². The first-order valence-electron chi connectivity index (χ1n) is 6.63. The predicted molar refractivity (Wildman–Crippen MR) is 77.8 cm³/mol. The van der Waals surface area contributed by atoms with Gasteiger partial charge in [0.15, 0.2) is 5.13 Å². The van der Waals surface area contributed by atoms with Crippen molar-refractivity contribution < 1.29 is 14.7 Å². The van der Waals surface area contributed by atoms with E-state index in [9.17, 15) is 14.7 Å². The van der Waals surface area contributed by atoms with Crippen LogP contribution in [0.1, 0.15) is 38.3 Å². The number of carboxylic acids is 1. The minimum atomic E-state index is -0.920. The molecule has 1 amide bonds. The zero-order valence-electron chi connectivity index (χ0n) is 11.5. The average molecular weight is 294 g/mol. The first-order chi connectivity index (χ1) is 9.49. The van der Waals surface area contributed by atoms with Gasteiger partial charge in [-0.2, -0.15) is 0 Å². The number of nitrogens with zero attached hydrogens (tertiary/aromatic N) is 1. The van der Waals surface area contributed by atoms with Crippen LogP contribution in [0.3, 0.4) is 0 Å². The number of nitrogens with one attached hydrogen (secondary N) is 1. The molecule has 1 aromatic rings. The summed E-state index contributed by atoms with van der Waals surface area (Å²) >= 11 is 1.37. The highest BCUT2D eigenvalue weighted by Crippen LogP contribution is 2.28. The summed E-state index contributed by atoms with van der Waals surface area (Å²) in [4.78, 5) is 27.7. The van der Waals surface area contributed by atoms with E-state index in [4.69, 9.17) is 0 Å². The third-order valence-electron chi connectivity index (χ3n) is 3.43. The Morgan fingerprint density at radius 1 is 1.35 bits per heavy atom. The lowest BCUT2D eigenvalue weighted by molar-refractivity contribution is -0.146. The molecule has 0 aromatic carbocycles. The van der Waals surface area contributed by atoms with Crippen LogP contribution in [-0.4, -0.2) is 22.0 Å². The number of hydrogen-bond acceptors (Lipinski definition) is 4. The first-order valence-corrected chi connectivity index (χ1v) is 7.51.